The first-order valence-electron chi connectivity index (χ1n) is 5.83. The molecule has 0 bridgehead atoms. The molecule has 0 saturated carbocycles. The molecule has 4 heteroatoms. The lowest BCUT2D eigenvalue weighted by Gasteiger charge is -2.32. The molecule has 0 amide bonds. The van der Waals surface area contributed by atoms with Gasteiger partial charge in [0.1, 0.15) is 0 Å². The van der Waals surface area contributed by atoms with Crippen LogP contribution in [0.15, 0.2) is 0 Å². The highest BCUT2D eigenvalue weighted by atomic mass is 32.2. The van der Waals surface area contributed by atoms with Crippen molar-refractivity contribution < 1.29 is 9.47 Å². The van der Waals surface area contributed by atoms with E-state index in [1.165, 1.54) is 5.75 Å². The van der Waals surface area contributed by atoms with E-state index < -0.39 is 0 Å². The molecular weight excluding hydrogens is 210 g/mol. The molecule has 15 heavy (non-hydrogen) atoms. The van der Waals surface area contributed by atoms with Gasteiger partial charge in [0.25, 0.3) is 0 Å². The zero-order chi connectivity index (χ0) is 11.1. The van der Waals surface area contributed by atoms with Crippen molar-refractivity contribution in [3.05, 3.63) is 0 Å². The zero-order valence-corrected chi connectivity index (χ0v) is 10.9. The molecule has 0 aliphatic carbocycles. The summed E-state index contributed by atoms with van der Waals surface area (Å²) in [6.07, 6.45) is -0.0460. The number of nitrogens with zero attached hydrogens (tertiary/aromatic N) is 1. The lowest BCUT2D eigenvalue weighted by atomic mass is 10.3. The van der Waals surface area contributed by atoms with Crippen molar-refractivity contribution in [3.63, 3.8) is 0 Å². The molecule has 0 N–H and O–H groups in total. The van der Waals surface area contributed by atoms with E-state index in [4.69, 9.17) is 9.47 Å². The van der Waals surface area contributed by atoms with Crippen LogP contribution in [0.5, 0.6) is 0 Å². The molecule has 0 spiro atoms. The minimum Gasteiger partial charge on any atom is -0.352 e. The van der Waals surface area contributed by atoms with Crippen LogP contribution < -0.4 is 0 Å². The number of ether oxygens (including phenoxy) is 2. The monoisotopic (exact) mass is 233 g/mol. The number of rotatable bonds is 6. The molecule has 1 aliphatic rings. The Morgan fingerprint density at radius 2 is 2.00 bits per heavy atom. The van der Waals surface area contributed by atoms with E-state index in [2.05, 4.69) is 23.6 Å². The van der Waals surface area contributed by atoms with Gasteiger partial charge in [0.05, 0.1) is 0 Å². The van der Waals surface area contributed by atoms with Crippen LogP contribution in [-0.4, -0.2) is 55.0 Å². The molecule has 0 aromatic rings. The standard InChI is InChI=1S/C11H23NO2S/c1-4-13-11(14-5-2)9-12-6-7-15-10(3)8-12/h10-11H,4-9H2,1-3H3/t10-/m0/s1. The molecule has 3 nitrogen and oxygen atoms in total. The Labute approximate surface area is 97.5 Å². The van der Waals surface area contributed by atoms with Crippen molar-refractivity contribution in [1.29, 1.82) is 0 Å². The van der Waals surface area contributed by atoms with Crippen molar-refractivity contribution in [3.8, 4) is 0 Å². The summed E-state index contributed by atoms with van der Waals surface area (Å²) in [5, 5.41) is 0.739. The summed E-state index contributed by atoms with van der Waals surface area (Å²) >= 11 is 2.05. The van der Waals surface area contributed by atoms with Crippen molar-refractivity contribution in [2.24, 2.45) is 0 Å². The van der Waals surface area contributed by atoms with Crippen molar-refractivity contribution in [2.45, 2.75) is 32.3 Å². The second kappa shape index (κ2) is 7.49. The Balaban J connectivity index is 2.28. The van der Waals surface area contributed by atoms with Gasteiger partial charge in [0.2, 0.25) is 0 Å². The van der Waals surface area contributed by atoms with Gasteiger partial charge in [0.15, 0.2) is 6.29 Å². The maximum Gasteiger partial charge on any atom is 0.170 e. The highest BCUT2D eigenvalue weighted by Gasteiger charge is 2.20. The second-order valence-corrected chi connectivity index (χ2v) is 5.33. The van der Waals surface area contributed by atoms with Crippen LogP contribution in [0.1, 0.15) is 20.8 Å². The van der Waals surface area contributed by atoms with Gasteiger partial charge in [-0.2, -0.15) is 11.8 Å². The lowest BCUT2D eigenvalue weighted by Crippen LogP contribution is -2.42. The lowest BCUT2D eigenvalue weighted by molar-refractivity contribution is -0.146. The molecule has 0 aromatic heterocycles. The maximum absolute atomic E-state index is 5.55. The third kappa shape index (κ3) is 5.20. The SMILES string of the molecule is CCOC(CN1CCS[C@@H](C)C1)OCC. The Morgan fingerprint density at radius 3 is 2.53 bits per heavy atom. The predicted octanol–water partition coefficient (Wildman–Crippen LogP) is 1.82. The molecule has 0 radical (unpaired) electrons. The van der Waals surface area contributed by atoms with Crippen LogP contribution in [0.2, 0.25) is 0 Å². The van der Waals surface area contributed by atoms with Gasteiger partial charge in [0, 0.05) is 43.9 Å². The molecule has 0 aromatic carbocycles. The Kier molecular flexibility index (Phi) is 6.64. The minimum absolute atomic E-state index is 0.0460. The van der Waals surface area contributed by atoms with Crippen molar-refractivity contribution in [2.75, 3.05) is 38.6 Å². The molecule has 1 atom stereocenters. The minimum atomic E-state index is -0.0460. The molecule has 1 saturated heterocycles. The number of hydrogen-bond acceptors (Lipinski definition) is 4. The van der Waals surface area contributed by atoms with E-state index in [9.17, 15) is 0 Å². The second-order valence-electron chi connectivity index (χ2n) is 3.78. The molecular formula is C11H23NO2S. The first-order valence-corrected chi connectivity index (χ1v) is 6.88. The number of hydrogen-bond donors (Lipinski definition) is 0. The summed E-state index contributed by atoms with van der Waals surface area (Å²) in [6.45, 7) is 11.0. The van der Waals surface area contributed by atoms with E-state index in [1.54, 1.807) is 0 Å². The fourth-order valence-corrected chi connectivity index (χ4v) is 2.87. The average Bonchev–Trinajstić information content (AvgIpc) is 2.18. The third-order valence-corrected chi connectivity index (χ3v) is 3.57. The quantitative estimate of drug-likeness (QED) is 0.652. The van der Waals surface area contributed by atoms with Gasteiger partial charge in [-0.25, -0.2) is 0 Å². The van der Waals surface area contributed by atoms with E-state index in [1.807, 2.05) is 13.8 Å². The van der Waals surface area contributed by atoms with Gasteiger partial charge >= 0.3 is 0 Å². The fraction of sp³-hybridized carbons (Fsp3) is 1.00. The van der Waals surface area contributed by atoms with Crippen LogP contribution in [0, 0.1) is 0 Å². The smallest absolute Gasteiger partial charge is 0.170 e. The van der Waals surface area contributed by atoms with Crippen LogP contribution in [0.4, 0.5) is 0 Å². The van der Waals surface area contributed by atoms with Crippen LogP contribution in [0.3, 0.4) is 0 Å². The fourth-order valence-electron chi connectivity index (χ4n) is 1.79. The molecule has 1 rings (SSSR count). The van der Waals surface area contributed by atoms with E-state index >= 15 is 0 Å². The highest BCUT2D eigenvalue weighted by molar-refractivity contribution is 7.99. The summed E-state index contributed by atoms with van der Waals surface area (Å²) in [7, 11) is 0. The van der Waals surface area contributed by atoms with Gasteiger partial charge in [-0.3, -0.25) is 4.90 Å². The number of thioether (sulfide) groups is 1. The summed E-state index contributed by atoms with van der Waals surface area (Å²) in [4.78, 5) is 2.44. The van der Waals surface area contributed by atoms with Gasteiger partial charge in [-0.05, 0) is 13.8 Å². The Morgan fingerprint density at radius 1 is 1.33 bits per heavy atom. The normalized spacial score (nSPS) is 23.6. The van der Waals surface area contributed by atoms with Crippen LogP contribution >= 0.6 is 11.8 Å². The first kappa shape index (κ1) is 13.3. The molecule has 1 fully saturated rings. The van der Waals surface area contributed by atoms with E-state index in [0.29, 0.717) is 0 Å². The summed E-state index contributed by atoms with van der Waals surface area (Å²) < 4.78 is 11.1. The molecule has 0 unspecified atom stereocenters. The zero-order valence-electron chi connectivity index (χ0n) is 10.1. The summed E-state index contributed by atoms with van der Waals surface area (Å²) in [5.41, 5.74) is 0. The van der Waals surface area contributed by atoms with Crippen LogP contribution in [-0.2, 0) is 9.47 Å². The van der Waals surface area contributed by atoms with Crippen LogP contribution in [0.25, 0.3) is 0 Å². The Hall–Kier alpha value is 0.230. The van der Waals surface area contributed by atoms with Gasteiger partial charge < -0.3 is 9.47 Å². The van der Waals surface area contributed by atoms with Crippen molar-refractivity contribution >= 4 is 11.8 Å². The topological polar surface area (TPSA) is 21.7 Å². The average molecular weight is 233 g/mol. The van der Waals surface area contributed by atoms with E-state index in [0.717, 1.165) is 38.1 Å². The summed E-state index contributed by atoms with van der Waals surface area (Å²) in [5.74, 6) is 1.23. The maximum atomic E-state index is 5.55. The van der Waals surface area contributed by atoms with Gasteiger partial charge in [-0.1, -0.05) is 6.92 Å². The van der Waals surface area contributed by atoms with Gasteiger partial charge in [-0.15, -0.1) is 0 Å². The Bertz CT molecular complexity index is 160. The first-order chi connectivity index (χ1) is 7.26. The molecule has 1 aliphatic heterocycles. The van der Waals surface area contributed by atoms with E-state index in [-0.39, 0.29) is 6.29 Å². The summed E-state index contributed by atoms with van der Waals surface area (Å²) in [6, 6.07) is 0. The van der Waals surface area contributed by atoms with Crippen molar-refractivity contribution in [1.82, 2.24) is 4.90 Å². The molecule has 1 heterocycles. The largest absolute Gasteiger partial charge is 0.352 e. The predicted molar refractivity (Wildman–Crippen MR) is 65.4 cm³/mol. The molecule has 90 valence electrons. The highest BCUT2D eigenvalue weighted by Crippen LogP contribution is 2.18. The third-order valence-electron chi connectivity index (χ3n) is 2.44.